The van der Waals surface area contributed by atoms with Gasteiger partial charge in [-0.05, 0) is 37.0 Å². The Balaban J connectivity index is 2.66. The lowest BCUT2D eigenvalue weighted by molar-refractivity contribution is -0.128. The van der Waals surface area contributed by atoms with Crippen molar-refractivity contribution in [2.75, 3.05) is 0 Å². The molecule has 1 fully saturated rings. The van der Waals surface area contributed by atoms with Crippen molar-refractivity contribution in [1.29, 1.82) is 5.26 Å². The smallest absolute Gasteiger partial charge is 0.150 e. The predicted octanol–water partition coefficient (Wildman–Crippen LogP) is 3.49. The number of Topliss-reactive ketones (excluding diaryl/α,β-unsaturated/α-hetero) is 1. The summed E-state index contributed by atoms with van der Waals surface area (Å²) in [5, 5.41) is 9.07. The highest BCUT2D eigenvalue weighted by Crippen LogP contribution is 2.41. The molecule has 0 aromatic carbocycles. The largest absolute Gasteiger partial charge is 0.298 e. The number of ketones is 1. The van der Waals surface area contributed by atoms with Crippen molar-refractivity contribution in [3.05, 3.63) is 12.7 Å². The number of allylic oxidation sites excluding steroid dienone is 1. The molecular weight excluding hydrogens is 198 g/mol. The summed E-state index contributed by atoms with van der Waals surface area (Å²) < 4.78 is 0. The molecule has 0 aromatic heterocycles. The molecule has 1 saturated carbocycles. The van der Waals surface area contributed by atoms with Crippen molar-refractivity contribution in [3.8, 4) is 6.07 Å². The maximum absolute atomic E-state index is 11.8. The normalized spacial score (nSPS) is 28.4. The molecule has 0 spiro atoms. The number of carbonyl (C=O) groups is 1. The van der Waals surface area contributed by atoms with Gasteiger partial charge in [-0.2, -0.15) is 5.26 Å². The average molecular weight is 219 g/mol. The third-order valence-corrected chi connectivity index (χ3v) is 3.41. The summed E-state index contributed by atoms with van der Waals surface area (Å²) in [7, 11) is 0. The number of hydrogen-bond donors (Lipinski definition) is 0. The minimum Gasteiger partial charge on any atom is -0.298 e. The molecule has 0 bridgehead atoms. The zero-order valence-electron chi connectivity index (χ0n) is 10.3. The van der Waals surface area contributed by atoms with Gasteiger partial charge >= 0.3 is 0 Å². The number of nitrogens with zero attached hydrogens (tertiary/aromatic N) is 1. The SMILES string of the molecule is C=CCCC[C@@H]1CC(C)(C)CC(=O)[C@H]1C#N. The van der Waals surface area contributed by atoms with Gasteiger partial charge in [-0.3, -0.25) is 4.79 Å². The van der Waals surface area contributed by atoms with Crippen molar-refractivity contribution >= 4 is 5.78 Å². The van der Waals surface area contributed by atoms with Crippen molar-refractivity contribution in [3.63, 3.8) is 0 Å². The topological polar surface area (TPSA) is 40.9 Å². The summed E-state index contributed by atoms with van der Waals surface area (Å²) >= 11 is 0. The Morgan fingerprint density at radius 3 is 2.88 bits per heavy atom. The van der Waals surface area contributed by atoms with E-state index in [1.807, 2.05) is 6.08 Å². The first-order valence-electron chi connectivity index (χ1n) is 6.03. The first-order valence-corrected chi connectivity index (χ1v) is 6.03. The summed E-state index contributed by atoms with van der Waals surface area (Å²) in [5.41, 5.74) is 0.0727. The third kappa shape index (κ3) is 3.20. The van der Waals surface area contributed by atoms with Crippen LogP contribution in [0.25, 0.3) is 0 Å². The fraction of sp³-hybridized carbons (Fsp3) is 0.714. The summed E-state index contributed by atoms with van der Waals surface area (Å²) in [4.78, 5) is 11.8. The van der Waals surface area contributed by atoms with Crippen LogP contribution in [0.2, 0.25) is 0 Å². The Hall–Kier alpha value is -1.10. The fourth-order valence-electron chi connectivity index (χ4n) is 2.71. The Kier molecular flexibility index (Phi) is 4.29. The van der Waals surface area contributed by atoms with Crippen molar-refractivity contribution in [2.24, 2.45) is 17.3 Å². The fourth-order valence-corrected chi connectivity index (χ4v) is 2.71. The van der Waals surface area contributed by atoms with Crippen LogP contribution in [0.5, 0.6) is 0 Å². The molecule has 2 heteroatoms. The van der Waals surface area contributed by atoms with E-state index in [9.17, 15) is 4.79 Å². The lowest BCUT2D eigenvalue weighted by Gasteiger charge is -2.37. The van der Waals surface area contributed by atoms with Crippen LogP contribution in [0.15, 0.2) is 12.7 Å². The quantitative estimate of drug-likeness (QED) is 0.536. The van der Waals surface area contributed by atoms with Crippen LogP contribution in [-0.2, 0) is 4.79 Å². The molecule has 0 heterocycles. The summed E-state index contributed by atoms with van der Waals surface area (Å²) in [5.74, 6) is 0.0291. The highest BCUT2D eigenvalue weighted by Gasteiger charge is 2.40. The molecule has 0 N–H and O–H groups in total. The van der Waals surface area contributed by atoms with Gasteiger partial charge in [-0.25, -0.2) is 0 Å². The highest BCUT2D eigenvalue weighted by molar-refractivity contribution is 5.85. The van der Waals surface area contributed by atoms with Gasteiger partial charge in [0.1, 0.15) is 5.92 Å². The van der Waals surface area contributed by atoms with Crippen LogP contribution in [-0.4, -0.2) is 5.78 Å². The first kappa shape index (κ1) is 13.0. The van der Waals surface area contributed by atoms with E-state index >= 15 is 0 Å². The van der Waals surface area contributed by atoms with Gasteiger partial charge in [0.05, 0.1) is 6.07 Å². The summed E-state index contributed by atoms with van der Waals surface area (Å²) in [6.07, 6.45) is 6.44. The van der Waals surface area contributed by atoms with Gasteiger partial charge in [0, 0.05) is 6.42 Å². The van der Waals surface area contributed by atoms with Gasteiger partial charge in [0.25, 0.3) is 0 Å². The van der Waals surface area contributed by atoms with E-state index in [1.54, 1.807) is 0 Å². The Bertz CT molecular complexity index is 311. The number of rotatable bonds is 4. The molecule has 0 amide bonds. The Morgan fingerprint density at radius 2 is 2.31 bits per heavy atom. The van der Waals surface area contributed by atoms with Crippen molar-refractivity contribution in [2.45, 2.75) is 46.0 Å². The molecule has 1 aliphatic carbocycles. The van der Waals surface area contributed by atoms with Crippen LogP contribution < -0.4 is 0 Å². The maximum atomic E-state index is 11.8. The molecule has 16 heavy (non-hydrogen) atoms. The lowest BCUT2D eigenvalue weighted by Crippen LogP contribution is -2.36. The second kappa shape index (κ2) is 5.30. The van der Waals surface area contributed by atoms with Gasteiger partial charge in [-0.15, -0.1) is 6.58 Å². The highest BCUT2D eigenvalue weighted by atomic mass is 16.1. The van der Waals surface area contributed by atoms with Gasteiger partial charge in [-0.1, -0.05) is 19.9 Å². The third-order valence-electron chi connectivity index (χ3n) is 3.41. The zero-order valence-corrected chi connectivity index (χ0v) is 10.3. The number of carbonyl (C=O) groups excluding carboxylic acids is 1. The molecule has 0 aromatic rings. The number of unbranched alkanes of at least 4 members (excludes halogenated alkanes) is 1. The second-order valence-electron chi connectivity index (χ2n) is 5.60. The monoisotopic (exact) mass is 219 g/mol. The second-order valence-corrected chi connectivity index (χ2v) is 5.60. The van der Waals surface area contributed by atoms with Crippen molar-refractivity contribution in [1.82, 2.24) is 0 Å². The zero-order chi connectivity index (χ0) is 12.2. The molecule has 0 unspecified atom stereocenters. The van der Waals surface area contributed by atoms with Crippen LogP contribution in [0.4, 0.5) is 0 Å². The molecule has 0 saturated heterocycles. The van der Waals surface area contributed by atoms with Crippen molar-refractivity contribution < 1.29 is 4.79 Å². The maximum Gasteiger partial charge on any atom is 0.150 e. The average Bonchev–Trinajstić information content (AvgIpc) is 2.16. The molecule has 2 nitrogen and oxygen atoms in total. The summed E-state index contributed by atoms with van der Waals surface area (Å²) in [6.45, 7) is 7.94. The Morgan fingerprint density at radius 1 is 1.62 bits per heavy atom. The molecule has 0 aliphatic heterocycles. The van der Waals surface area contributed by atoms with Crippen LogP contribution in [0.1, 0.15) is 46.0 Å². The standard InChI is InChI=1S/C14H21NO/c1-4-5-6-7-11-8-14(2,3)9-13(16)12(11)10-15/h4,11-12H,1,5-9H2,2-3H3/t11-,12+/m1/s1. The molecule has 2 atom stereocenters. The van der Waals surface area contributed by atoms with Crippen LogP contribution in [0.3, 0.4) is 0 Å². The van der Waals surface area contributed by atoms with Crippen LogP contribution in [0, 0.1) is 28.6 Å². The van der Waals surface area contributed by atoms with E-state index < -0.39 is 0 Å². The molecule has 88 valence electrons. The Labute approximate surface area is 98.3 Å². The molecule has 0 radical (unpaired) electrons. The van der Waals surface area contributed by atoms with Gasteiger partial charge < -0.3 is 0 Å². The van der Waals surface area contributed by atoms with Gasteiger partial charge in [0.2, 0.25) is 0 Å². The van der Waals surface area contributed by atoms with Crippen LogP contribution >= 0.6 is 0 Å². The molecule has 1 aliphatic rings. The van der Waals surface area contributed by atoms with E-state index in [0.717, 1.165) is 25.7 Å². The first-order chi connectivity index (χ1) is 7.50. The minimum absolute atomic E-state index is 0.0727. The number of nitriles is 1. The van der Waals surface area contributed by atoms with E-state index in [2.05, 4.69) is 26.5 Å². The summed E-state index contributed by atoms with van der Waals surface area (Å²) in [6, 6.07) is 2.19. The number of hydrogen-bond acceptors (Lipinski definition) is 2. The van der Waals surface area contributed by atoms with Gasteiger partial charge in [0.15, 0.2) is 5.78 Å². The van der Waals surface area contributed by atoms with E-state index in [4.69, 9.17) is 5.26 Å². The van der Waals surface area contributed by atoms with E-state index in [0.29, 0.717) is 6.42 Å². The minimum atomic E-state index is -0.363. The van der Waals surface area contributed by atoms with E-state index in [-0.39, 0.29) is 23.0 Å². The molecule has 1 rings (SSSR count). The predicted molar refractivity (Wildman–Crippen MR) is 64.7 cm³/mol. The molecular formula is C14H21NO. The van der Waals surface area contributed by atoms with E-state index in [1.165, 1.54) is 0 Å². The lowest BCUT2D eigenvalue weighted by atomic mass is 9.65.